The number of methoxy groups -OCH3 is 1. The number of benzene rings is 1. The Kier molecular flexibility index (Phi) is 5.98. The Bertz CT molecular complexity index is 725. The number of hydrogen-bond donors (Lipinski definition) is 1. The Morgan fingerprint density at radius 2 is 2.04 bits per heavy atom. The number of oxime groups is 1. The van der Waals surface area contributed by atoms with E-state index in [1.54, 1.807) is 13.3 Å². The summed E-state index contributed by atoms with van der Waals surface area (Å²) in [6, 6.07) is 6.58. The summed E-state index contributed by atoms with van der Waals surface area (Å²) in [7, 11) is -0.124. The molecule has 156 valence electrons. The highest BCUT2D eigenvalue weighted by atomic mass is 28.4. The normalized spacial score (nSPS) is 28.1. The molecule has 5 heteroatoms. The van der Waals surface area contributed by atoms with Crippen LogP contribution in [0, 0.1) is 11.8 Å². The quantitative estimate of drug-likeness (QED) is 0.293. The average molecular weight is 404 g/mol. The van der Waals surface area contributed by atoms with Crippen LogP contribution in [-0.4, -0.2) is 33.5 Å². The maximum atomic E-state index is 9.25. The third-order valence-electron chi connectivity index (χ3n) is 7.72. The van der Waals surface area contributed by atoms with Gasteiger partial charge in [0.05, 0.1) is 7.11 Å². The van der Waals surface area contributed by atoms with E-state index in [0.717, 1.165) is 44.5 Å². The van der Waals surface area contributed by atoms with E-state index in [2.05, 4.69) is 57.2 Å². The maximum absolute atomic E-state index is 9.25. The first kappa shape index (κ1) is 21.4. The van der Waals surface area contributed by atoms with Gasteiger partial charge in [-0.15, -0.1) is 5.16 Å². The minimum absolute atomic E-state index is 0.000514. The Balaban J connectivity index is 2.03. The summed E-state index contributed by atoms with van der Waals surface area (Å²) in [6.45, 7) is 12.4. The van der Waals surface area contributed by atoms with Crippen LogP contribution < -0.4 is 4.74 Å². The number of hydrogen-bond acceptors (Lipinski definition) is 4. The first-order chi connectivity index (χ1) is 13.1. The van der Waals surface area contributed by atoms with Crippen molar-refractivity contribution in [3.63, 3.8) is 0 Å². The fraction of sp³-hybridized carbons (Fsp3) is 0.696. The van der Waals surface area contributed by atoms with Crippen molar-refractivity contribution in [2.45, 2.75) is 76.4 Å². The number of rotatable bonds is 5. The Morgan fingerprint density at radius 3 is 2.68 bits per heavy atom. The molecule has 1 saturated carbocycles. The molecule has 0 aromatic heterocycles. The first-order valence-corrected chi connectivity index (χ1v) is 13.5. The SMILES string of the molecule is COc1ccc2c(c1)CC[C@@H]1[C@H](/C=N/O)CCC[C@@]21CO[Si](C)(C)C(C)(C)C. The Labute approximate surface area is 171 Å². The van der Waals surface area contributed by atoms with Gasteiger partial charge in [-0.05, 0) is 73.0 Å². The molecule has 0 amide bonds. The lowest BCUT2D eigenvalue weighted by molar-refractivity contribution is 0.0663. The van der Waals surface area contributed by atoms with Gasteiger partial charge in [0, 0.05) is 24.2 Å². The minimum Gasteiger partial charge on any atom is -0.497 e. The van der Waals surface area contributed by atoms with Crippen LogP contribution in [-0.2, 0) is 16.3 Å². The molecule has 0 saturated heterocycles. The van der Waals surface area contributed by atoms with Gasteiger partial charge < -0.3 is 14.4 Å². The summed E-state index contributed by atoms with van der Waals surface area (Å²) in [6.07, 6.45) is 7.31. The highest BCUT2D eigenvalue weighted by Crippen LogP contribution is 2.53. The van der Waals surface area contributed by atoms with Crippen molar-refractivity contribution in [2.24, 2.45) is 17.0 Å². The molecule has 0 spiro atoms. The van der Waals surface area contributed by atoms with Crippen molar-refractivity contribution in [1.29, 1.82) is 0 Å². The third kappa shape index (κ3) is 3.75. The fourth-order valence-electron chi connectivity index (χ4n) is 5.02. The molecule has 0 unspecified atom stereocenters. The van der Waals surface area contributed by atoms with Gasteiger partial charge in [-0.3, -0.25) is 0 Å². The second-order valence-corrected chi connectivity index (χ2v) is 15.0. The second-order valence-electron chi connectivity index (χ2n) is 10.2. The summed E-state index contributed by atoms with van der Waals surface area (Å²) in [4.78, 5) is 0. The van der Waals surface area contributed by atoms with Gasteiger partial charge in [0.1, 0.15) is 5.75 Å². The summed E-state index contributed by atoms with van der Waals surface area (Å²) in [5.41, 5.74) is 2.83. The molecule has 1 aromatic rings. The van der Waals surface area contributed by atoms with Gasteiger partial charge in [0.2, 0.25) is 0 Å². The van der Waals surface area contributed by atoms with Crippen LogP contribution in [0.25, 0.3) is 0 Å². The zero-order valence-electron chi connectivity index (χ0n) is 18.4. The first-order valence-electron chi connectivity index (χ1n) is 10.6. The van der Waals surface area contributed by atoms with Crippen LogP contribution in [0.5, 0.6) is 5.75 Å². The molecule has 1 aromatic carbocycles. The second kappa shape index (κ2) is 7.83. The Morgan fingerprint density at radius 1 is 1.29 bits per heavy atom. The number of nitrogens with zero attached hydrogens (tertiary/aromatic N) is 1. The number of ether oxygens (including phenoxy) is 1. The standard InChI is InChI=1S/C23H37NO3Si/c1-22(2,3)28(5,6)27-16-23-13-7-8-18(15-24-25)21(23)11-9-17-14-19(26-4)10-12-20(17)23/h10,12,14-15,18,21,25H,7-9,11,13,16H2,1-6H3/b24-15+/t18-,21+,23+/m0/s1. The predicted molar refractivity (Wildman–Crippen MR) is 117 cm³/mol. The highest BCUT2D eigenvalue weighted by molar-refractivity contribution is 6.74. The van der Waals surface area contributed by atoms with Crippen molar-refractivity contribution in [3.8, 4) is 5.75 Å². The molecular weight excluding hydrogens is 366 g/mol. The van der Waals surface area contributed by atoms with Crippen molar-refractivity contribution in [2.75, 3.05) is 13.7 Å². The summed E-state index contributed by atoms with van der Waals surface area (Å²) in [5.74, 6) is 1.71. The van der Waals surface area contributed by atoms with Gasteiger partial charge in [-0.1, -0.05) is 33.3 Å². The summed E-state index contributed by atoms with van der Waals surface area (Å²) < 4.78 is 12.3. The number of fused-ring (bicyclic) bond motifs is 3. The molecule has 1 N–H and O–H groups in total. The molecule has 2 aliphatic rings. The van der Waals surface area contributed by atoms with E-state index in [-0.39, 0.29) is 10.5 Å². The van der Waals surface area contributed by atoms with Crippen LogP contribution in [0.3, 0.4) is 0 Å². The molecule has 28 heavy (non-hydrogen) atoms. The van der Waals surface area contributed by atoms with Gasteiger partial charge >= 0.3 is 0 Å². The molecule has 0 radical (unpaired) electrons. The lowest BCUT2D eigenvalue weighted by Crippen LogP contribution is -2.53. The van der Waals surface area contributed by atoms with E-state index in [1.807, 2.05) is 0 Å². The topological polar surface area (TPSA) is 51.0 Å². The van der Waals surface area contributed by atoms with E-state index in [1.165, 1.54) is 11.1 Å². The smallest absolute Gasteiger partial charge is 0.192 e. The van der Waals surface area contributed by atoms with Crippen molar-refractivity contribution < 1.29 is 14.4 Å². The molecule has 2 aliphatic carbocycles. The van der Waals surface area contributed by atoms with Crippen LogP contribution >= 0.6 is 0 Å². The van der Waals surface area contributed by atoms with E-state index in [9.17, 15) is 5.21 Å². The van der Waals surface area contributed by atoms with Crippen LogP contribution in [0.1, 0.15) is 57.6 Å². The Hall–Kier alpha value is -1.33. The lowest BCUT2D eigenvalue weighted by atomic mass is 9.54. The number of aryl methyl sites for hydroxylation is 1. The molecule has 0 heterocycles. The summed E-state index contributed by atoms with van der Waals surface area (Å²) >= 11 is 0. The van der Waals surface area contributed by atoms with E-state index in [0.29, 0.717) is 11.8 Å². The zero-order chi connectivity index (χ0) is 20.6. The fourth-order valence-corrected chi connectivity index (χ4v) is 6.07. The van der Waals surface area contributed by atoms with Gasteiger partial charge in [-0.25, -0.2) is 0 Å². The van der Waals surface area contributed by atoms with Gasteiger partial charge in [0.25, 0.3) is 0 Å². The van der Waals surface area contributed by atoms with Crippen molar-refractivity contribution >= 4 is 14.5 Å². The lowest BCUT2D eigenvalue weighted by Gasteiger charge is -2.52. The molecule has 3 atom stereocenters. The molecule has 1 fully saturated rings. The van der Waals surface area contributed by atoms with Crippen molar-refractivity contribution in [3.05, 3.63) is 29.3 Å². The largest absolute Gasteiger partial charge is 0.497 e. The van der Waals surface area contributed by atoms with Crippen LogP contribution in [0.2, 0.25) is 18.1 Å². The van der Waals surface area contributed by atoms with E-state index >= 15 is 0 Å². The predicted octanol–water partition coefficient (Wildman–Crippen LogP) is 5.78. The average Bonchev–Trinajstić information content (AvgIpc) is 2.65. The van der Waals surface area contributed by atoms with Crippen molar-refractivity contribution in [1.82, 2.24) is 0 Å². The molecular formula is C23H37NO3Si. The van der Waals surface area contributed by atoms with Gasteiger partial charge in [0.15, 0.2) is 8.32 Å². The van der Waals surface area contributed by atoms with Gasteiger partial charge in [-0.2, -0.15) is 0 Å². The third-order valence-corrected chi connectivity index (χ3v) is 12.2. The zero-order valence-corrected chi connectivity index (χ0v) is 19.4. The molecule has 0 bridgehead atoms. The van der Waals surface area contributed by atoms with E-state index in [4.69, 9.17) is 9.16 Å². The molecule has 4 nitrogen and oxygen atoms in total. The van der Waals surface area contributed by atoms with E-state index < -0.39 is 8.32 Å². The maximum Gasteiger partial charge on any atom is 0.192 e. The highest BCUT2D eigenvalue weighted by Gasteiger charge is 2.51. The summed E-state index contributed by atoms with van der Waals surface area (Å²) in [5, 5.41) is 12.9. The molecule has 3 rings (SSSR count). The van der Waals surface area contributed by atoms with Crippen LogP contribution in [0.15, 0.2) is 23.4 Å². The monoisotopic (exact) mass is 403 g/mol. The minimum atomic E-state index is -1.86. The van der Waals surface area contributed by atoms with Crippen LogP contribution in [0.4, 0.5) is 0 Å². The molecule has 0 aliphatic heterocycles.